The SMILES string of the molecule is CC1(N)CCN(c2cnc3c(n2)CN=C3OCc2cccc3[nH]ccc23)CC1. The van der Waals surface area contributed by atoms with E-state index in [1.807, 2.05) is 18.5 Å². The van der Waals surface area contributed by atoms with E-state index >= 15 is 0 Å². The Bertz CT molecular complexity index is 1040. The van der Waals surface area contributed by atoms with E-state index in [1.165, 1.54) is 5.39 Å². The number of ether oxygens (including phenoxy) is 1. The molecular weight excluding hydrogens is 352 g/mol. The van der Waals surface area contributed by atoms with Crippen LogP contribution in [0, 0.1) is 0 Å². The Kier molecular flexibility index (Phi) is 4.05. The zero-order valence-electron chi connectivity index (χ0n) is 16.0. The minimum absolute atomic E-state index is 0.0763. The van der Waals surface area contributed by atoms with E-state index in [0.29, 0.717) is 19.0 Å². The summed E-state index contributed by atoms with van der Waals surface area (Å²) in [5.41, 5.74) is 10.0. The molecule has 0 amide bonds. The van der Waals surface area contributed by atoms with E-state index in [1.54, 1.807) is 0 Å². The quantitative estimate of drug-likeness (QED) is 0.733. The predicted octanol–water partition coefficient (Wildman–Crippen LogP) is 2.75. The van der Waals surface area contributed by atoms with Crippen LogP contribution in [0.5, 0.6) is 0 Å². The second kappa shape index (κ2) is 6.60. The predicted molar refractivity (Wildman–Crippen MR) is 109 cm³/mol. The average Bonchev–Trinajstić information content (AvgIpc) is 3.33. The van der Waals surface area contributed by atoms with Crippen molar-refractivity contribution in [3.8, 4) is 0 Å². The molecule has 2 aliphatic rings. The largest absolute Gasteiger partial charge is 0.471 e. The van der Waals surface area contributed by atoms with Crippen molar-refractivity contribution in [3.63, 3.8) is 0 Å². The minimum atomic E-state index is -0.0763. The lowest BCUT2D eigenvalue weighted by molar-refractivity contribution is 0.294. The highest BCUT2D eigenvalue weighted by Gasteiger charge is 2.28. The molecule has 0 atom stereocenters. The van der Waals surface area contributed by atoms with Gasteiger partial charge in [-0.15, -0.1) is 0 Å². The van der Waals surface area contributed by atoms with Crippen molar-refractivity contribution >= 4 is 22.6 Å². The van der Waals surface area contributed by atoms with E-state index in [0.717, 1.165) is 54.2 Å². The van der Waals surface area contributed by atoms with Gasteiger partial charge in [0.25, 0.3) is 0 Å². The van der Waals surface area contributed by atoms with Crippen molar-refractivity contribution in [3.05, 3.63) is 53.6 Å². The summed E-state index contributed by atoms with van der Waals surface area (Å²) >= 11 is 0. The van der Waals surface area contributed by atoms with Gasteiger partial charge in [0.2, 0.25) is 5.90 Å². The summed E-state index contributed by atoms with van der Waals surface area (Å²) in [6.45, 7) is 4.90. The molecule has 0 bridgehead atoms. The normalized spacial score (nSPS) is 18.2. The second-order valence-corrected chi connectivity index (χ2v) is 7.93. The lowest BCUT2D eigenvalue weighted by Gasteiger charge is -2.37. The molecule has 0 saturated carbocycles. The fourth-order valence-electron chi connectivity index (χ4n) is 3.86. The number of rotatable bonds is 3. The number of nitrogens with one attached hydrogen (secondary N) is 1. The lowest BCUT2D eigenvalue weighted by Crippen LogP contribution is -2.48. The van der Waals surface area contributed by atoms with Crippen molar-refractivity contribution in [2.75, 3.05) is 18.0 Å². The monoisotopic (exact) mass is 376 g/mol. The van der Waals surface area contributed by atoms with Crippen LogP contribution in [0.25, 0.3) is 10.9 Å². The summed E-state index contributed by atoms with van der Waals surface area (Å²) in [6, 6.07) is 8.22. The zero-order valence-corrected chi connectivity index (χ0v) is 16.0. The number of hydrogen-bond acceptors (Lipinski definition) is 6. The van der Waals surface area contributed by atoms with E-state index in [2.05, 4.69) is 45.0 Å². The van der Waals surface area contributed by atoms with Crippen molar-refractivity contribution in [2.24, 2.45) is 10.7 Å². The number of benzene rings is 1. The second-order valence-electron chi connectivity index (χ2n) is 7.93. The molecule has 7 nitrogen and oxygen atoms in total. The molecule has 3 aromatic rings. The molecule has 3 N–H and O–H groups in total. The van der Waals surface area contributed by atoms with Gasteiger partial charge < -0.3 is 20.4 Å². The molecule has 2 aliphatic heterocycles. The van der Waals surface area contributed by atoms with Crippen LogP contribution in [0.3, 0.4) is 0 Å². The van der Waals surface area contributed by atoms with Crippen molar-refractivity contribution in [2.45, 2.75) is 38.5 Å². The Hall–Kier alpha value is -2.93. The van der Waals surface area contributed by atoms with Gasteiger partial charge in [-0.05, 0) is 37.5 Å². The maximum Gasteiger partial charge on any atom is 0.238 e. The molecule has 0 radical (unpaired) electrons. The third kappa shape index (κ3) is 3.11. The van der Waals surface area contributed by atoms with Crippen LogP contribution in [-0.2, 0) is 17.9 Å². The molecule has 144 valence electrons. The van der Waals surface area contributed by atoms with Gasteiger partial charge in [-0.1, -0.05) is 12.1 Å². The molecule has 0 spiro atoms. The van der Waals surface area contributed by atoms with Crippen molar-refractivity contribution in [1.29, 1.82) is 0 Å². The highest BCUT2D eigenvalue weighted by Crippen LogP contribution is 2.26. The number of nitrogens with two attached hydrogens (primary N) is 1. The number of anilines is 1. The molecule has 1 saturated heterocycles. The van der Waals surface area contributed by atoms with Crippen molar-refractivity contribution in [1.82, 2.24) is 15.0 Å². The molecule has 1 aromatic carbocycles. The standard InChI is InChI=1S/C21H24N6O/c1-21(22)6-9-27(10-7-21)18-12-24-19-17(26-18)11-25-20(19)28-13-14-3-2-4-16-15(14)5-8-23-16/h2-5,8,12,23H,6-7,9-11,13,22H2,1H3. The van der Waals surface area contributed by atoms with E-state index in [9.17, 15) is 0 Å². The van der Waals surface area contributed by atoms with E-state index in [-0.39, 0.29) is 5.54 Å². The summed E-state index contributed by atoms with van der Waals surface area (Å²) < 4.78 is 6.01. The Labute approximate surface area is 163 Å². The Morgan fingerprint density at radius 2 is 2.11 bits per heavy atom. The number of H-pyrrole nitrogens is 1. The van der Waals surface area contributed by atoms with Gasteiger partial charge in [0.15, 0.2) is 0 Å². The molecule has 1 fully saturated rings. The maximum absolute atomic E-state index is 6.24. The highest BCUT2D eigenvalue weighted by atomic mass is 16.5. The first-order valence-electron chi connectivity index (χ1n) is 9.71. The molecule has 28 heavy (non-hydrogen) atoms. The summed E-state index contributed by atoms with van der Waals surface area (Å²) in [6.07, 6.45) is 5.69. The number of aromatic amines is 1. The fraction of sp³-hybridized carbons (Fsp3) is 0.381. The lowest BCUT2D eigenvalue weighted by atomic mass is 9.91. The first-order chi connectivity index (χ1) is 13.6. The van der Waals surface area contributed by atoms with Gasteiger partial charge in [0.1, 0.15) is 18.1 Å². The molecule has 0 unspecified atom stereocenters. The summed E-state index contributed by atoms with van der Waals surface area (Å²) in [7, 11) is 0. The van der Waals surface area contributed by atoms with Crippen molar-refractivity contribution < 1.29 is 4.74 Å². The molecule has 4 heterocycles. The number of aromatic nitrogens is 3. The number of piperidine rings is 1. The topological polar surface area (TPSA) is 92.4 Å². The van der Waals surface area contributed by atoms with E-state index in [4.69, 9.17) is 15.5 Å². The number of aliphatic imine (C=N–C) groups is 1. The first-order valence-corrected chi connectivity index (χ1v) is 9.71. The van der Waals surface area contributed by atoms with Gasteiger partial charge >= 0.3 is 0 Å². The van der Waals surface area contributed by atoms with Gasteiger partial charge in [-0.3, -0.25) is 0 Å². The molecule has 7 heteroatoms. The Balaban J connectivity index is 1.29. The molecule has 2 aromatic heterocycles. The minimum Gasteiger partial charge on any atom is -0.471 e. The number of fused-ring (bicyclic) bond motifs is 2. The first kappa shape index (κ1) is 17.2. The van der Waals surface area contributed by atoms with E-state index < -0.39 is 0 Å². The van der Waals surface area contributed by atoms with Crippen LogP contribution in [-0.4, -0.2) is 39.5 Å². The number of nitrogens with zero attached hydrogens (tertiary/aromatic N) is 4. The fourth-order valence-corrected chi connectivity index (χ4v) is 3.86. The van der Waals surface area contributed by atoms with Gasteiger partial charge in [-0.2, -0.15) is 0 Å². The van der Waals surface area contributed by atoms with Crippen LogP contribution >= 0.6 is 0 Å². The van der Waals surface area contributed by atoms with Crippen LogP contribution in [0.1, 0.15) is 36.7 Å². The van der Waals surface area contributed by atoms with Gasteiger partial charge in [0.05, 0.1) is 18.4 Å². The number of hydrogen-bond donors (Lipinski definition) is 2. The van der Waals surface area contributed by atoms with Crippen LogP contribution in [0.15, 0.2) is 41.7 Å². The van der Waals surface area contributed by atoms with Crippen LogP contribution in [0.4, 0.5) is 5.82 Å². The third-order valence-electron chi connectivity index (χ3n) is 5.69. The highest BCUT2D eigenvalue weighted by molar-refractivity contribution is 5.95. The molecular formula is C21H24N6O. The third-order valence-corrected chi connectivity index (χ3v) is 5.69. The molecule has 5 rings (SSSR count). The Morgan fingerprint density at radius 3 is 2.96 bits per heavy atom. The van der Waals surface area contributed by atoms with Crippen LogP contribution < -0.4 is 10.6 Å². The van der Waals surface area contributed by atoms with Gasteiger partial charge in [0, 0.05) is 35.7 Å². The maximum atomic E-state index is 6.24. The summed E-state index contributed by atoms with van der Waals surface area (Å²) in [5.74, 6) is 1.48. The van der Waals surface area contributed by atoms with Gasteiger partial charge in [-0.25, -0.2) is 15.0 Å². The molecule has 0 aliphatic carbocycles. The summed E-state index contributed by atoms with van der Waals surface area (Å²) in [4.78, 5) is 19.4. The smallest absolute Gasteiger partial charge is 0.238 e. The Morgan fingerprint density at radius 1 is 1.25 bits per heavy atom. The summed E-state index contributed by atoms with van der Waals surface area (Å²) in [5, 5.41) is 1.17. The zero-order chi connectivity index (χ0) is 19.1. The average molecular weight is 376 g/mol. The van der Waals surface area contributed by atoms with Crippen LogP contribution in [0.2, 0.25) is 0 Å².